The van der Waals surface area contributed by atoms with E-state index >= 15 is 0 Å². The first-order valence-electron chi connectivity index (χ1n) is 9.41. The van der Waals surface area contributed by atoms with Gasteiger partial charge in [0.15, 0.2) is 0 Å². The summed E-state index contributed by atoms with van der Waals surface area (Å²) < 4.78 is 38.0. The van der Waals surface area contributed by atoms with E-state index in [-0.39, 0.29) is 15.9 Å². The molecule has 0 bridgehead atoms. The van der Waals surface area contributed by atoms with Crippen LogP contribution in [-0.4, -0.2) is 37.6 Å². The first-order valence-corrected chi connectivity index (χ1v) is 10.9. The summed E-state index contributed by atoms with van der Waals surface area (Å²) in [5.74, 6) is 1.66. The van der Waals surface area contributed by atoms with E-state index in [4.69, 9.17) is 9.47 Å². The maximum Gasteiger partial charge on any atom is 0.237 e. The zero-order valence-corrected chi connectivity index (χ0v) is 16.3. The molecule has 2 aromatic carbocycles. The molecule has 3 heterocycles. The average molecular weight is 409 g/mol. The highest BCUT2D eigenvalue weighted by atomic mass is 32.2. The second kappa shape index (κ2) is 7.13. The molecule has 0 spiro atoms. The van der Waals surface area contributed by atoms with E-state index in [0.717, 1.165) is 25.1 Å². The van der Waals surface area contributed by atoms with Crippen LogP contribution in [0.5, 0.6) is 17.4 Å². The summed E-state index contributed by atoms with van der Waals surface area (Å²) in [6, 6.07) is 11.5. The molecule has 1 N–H and O–H groups in total. The molecule has 0 aliphatic carbocycles. The van der Waals surface area contributed by atoms with Crippen LogP contribution in [0.25, 0.3) is 0 Å². The van der Waals surface area contributed by atoms with Crippen molar-refractivity contribution < 1.29 is 17.9 Å². The van der Waals surface area contributed by atoms with Crippen LogP contribution in [0.2, 0.25) is 0 Å². The van der Waals surface area contributed by atoms with Gasteiger partial charge in [0.25, 0.3) is 0 Å². The van der Waals surface area contributed by atoms with Crippen molar-refractivity contribution >= 4 is 9.84 Å². The van der Waals surface area contributed by atoms with Crippen LogP contribution in [0.15, 0.2) is 70.8 Å². The highest BCUT2D eigenvalue weighted by molar-refractivity contribution is 7.91. The number of nitrogens with one attached hydrogen (secondary N) is 1. The predicted molar refractivity (Wildman–Crippen MR) is 105 cm³/mol. The molecule has 1 saturated heterocycles. The lowest BCUT2D eigenvalue weighted by atomic mass is 9.90. The number of piperidine rings is 1. The molecule has 148 valence electrons. The molecule has 8 heteroatoms. The Hall–Kier alpha value is -2.97. The number of fused-ring (bicyclic) bond motifs is 3. The second-order valence-electron chi connectivity index (χ2n) is 7.08. The molecular weight excluding hydrogens is 390 g/mol. The lowest BCUT2D eigenvalue weighted by Crippen LogP contribution is -2.39. The minimum atomic E-state index is -3.72. The molecular formula is C21H19N3O4S. The van der Waals surface area contributed by atoms with Crippen LogP contribution in [0.4, 0.5) is 0 Å². The van der Waals surface area contributed by atoms with Gasteiger partial charge in [0.2, 0.25) is 15.7 Å². The summed E-state index contributed by atoms with van der Waals surface area (Å²) in [6.07, 6.45) is 5.57. The molecule has 0 saturated carbocycles. The summed E-state index contributed by atoms with van der Waals surface area (Å²) in [5, 5.41) is 3.32. The van der Waals surface area contributed by atoms with E-state index < -0.39 is 9.84 Å². The summed E-state index contributed by atoms with van der Waals surface area (Å²) >= 11 is 0. The quantitative estimate of drug-likeness (QED) is 0.708. The third-order valence-corrected chi connectivity index (χ3v) is 7.03. The smallest absolute Gasteiger partial charge is 0.237 e. The Morgan fingerprint density at radius 1 is 1.10 bits per heavy atom. The van der Waals surface area contributed by atoms with E-state index in [1.54, 1.807) is 30.3 Å². The van der Waals surface area contributed by atoms with Gasteiger partial charge in [-0.1, -0.05) is 12.1 Å². The fraction of sp³-hybridized carbons (Fsp3) is 0.238. The number of ether oxygens (including phenoxy) is 2. The Morgan fingerprint density at radius 2 is 2.00 bits per heavy atom. The van der Waals surface area contributed by atoms with E-state index in [2.05, 4.69) is 15.3 Å². The molecule has 5 rings (SSSR count). The van der Waals surface area contributed by atoms with Gasteiger partial charge >= 0.3 is 0 Å². The first-order chi connectivity index (χ1) is 14.1. The number of rotatable bonds is 4. The third-order valence-electron chi connectivity index (χ3n) is 5.28. The summed E-state index contributed by atoms with van der Waals surface area (Å²) in [5.41, 5.74) is 1.09. The van der Waals surface area contributed by atoms with Crippen LogP contribution in [0, 0.1) is 0 Å². The Labute approximate surface area is 168 Å². The van der Waals surface area contributed by atoms with E-state index in [1.807, 2.05) is 6.07 Å². The molecule has 1 aromatic heterocycles. The lowest BCUT2D eigenvalue weighted by Gasteiger charge is -2.24. The van der Waals surface area contributed by atoms with E-state index in [9.17, 15) is 8.42 Å². The van der Waals surface area contributed by atoms with Gasteiger partial charge in [0, 0.05) is 30.4 Å². The molecule has 2 aliphatic rings. The summed E-state index contributed by atoms with van der Waals surface area (Å²) in [6.45, 7) is 1.73. The van der Waals surface area contributed by atoms with Crippen molar-refractivity contribution in [3.8, 4) is 17.4 Å². The average Bonchev–Trinajstić information content (AvgIpc) is 3.12. The minimum absolute atomic E-state index is 0.0698. The van der Waals surface area contributed by atoms with Gasteiger partial charge in [-0.25, -0.2) is 13.4 Å². The van der Waals surface area contributed by atoms with E-state index in [1.165, 1.54) is 24.7 Å². The van der Waals surface area contributed by atoms with Gasteiger partial charge in [-0.05, 0) is 43.3 Å². The lowest BCUT2D eigenvalue weighted by molar-refractivity contribution is 0.176. The van der Waals surface area contributed by atoms with Crippen molar-refractivity contribution in [2.45, 2.75) is 28.2 Å². The molecule has 0 amide bonds. The van der Waals surface area contributed by atoms with Crippen LogP contribution in [0.1, 0.15) is 17.9 Å². The molecule has 1 fully saturated rings. The zero-order valence-electron chi connectivity index (χ0n) is 15.5. The first kappa shape index (κ1) is 18.1. The number of aromatic nitrogens is 2. The van der Waals surface area contributed by atoms with Crippen LogP contribution >= 0.6 is 0 Å². The Balaban J connectivity index is 1.45. The fourth-order valence-electron chi connectivity index (χ4n) is 3.86. The number of benzene rings is 2. The van der Waals surface area contributed by atoms with Crippen molar-refractivity contribution in [2.75, 3.05) is 13.1 Å². The highest BCUT2D eigenvalue weighted by Crippen LogP contribution is 2.42. The predicted octanol–water partition coefficient (Wildman–Crippen LogP) is 2.94. The molecule has 0 radical (unpaired) electrons. The molecule has 2 unspecified atom stereocenters. The monoisotopic (exact) mass is 409 g/mol. The fourth-order valence-corrected chi connectivity index (χ4v) is 5.17. The normalized spacial score (nSPS) is 20.4. The van der Waals surface area contributed by atoms with Crippen molar-refractivity contribution in [2.24, 2.45) is 0 Å². The van der Waals surface area contributed by atoms with Crippen molar-refractivity contribution in [3.05, 3.63) is 66.6 Å². The zero-order chi connectivity index (χ0) is 19.8. The highest BCUT2D eigenvalue weighted by Gasteiger charge is 2.36. The topological polar surface area (TPSA) is 90.4 Å². The van der Waals surface area contributed by atoms with E-state index in [0.29, 0.717) is 23.3 Å². The van der Waals surface area contributed by atoms with Gasteiger partial charge < -0.3 is 14.8 Å². The van der Waals surface area contributed by atoms with Crippen LogP contribution in [0.3, 0.4) is 0 Å². The molecule has 7 nitrogen and oxygen atoms in total. The second-order valence-corrected chi connectivity index (χ2v) is 9.03. The van der Waals surface area contributed by atoms with Gasteiger partial charge in [0.1, 0.15) is 17.6 Å². The van der Waals surface area contributed by atoms with Crippen LogP contribution < -0.4 is 14.8 Å². The van der Waals surface area contributed by atoms with Gasteiger partial charge in [-0.3, -0.25) is 4.98 Å². The third kappa shape index (κ3) is 3.34. The largest absolute Gasteiger partial charge is 0.488 e. The van der Waals surface area contributed by atoms with Gasteiger partial charge in [-0.15, -0.1) is 0 Å². The standard InChI is InChI=1S/C21H19N3O4S/c25-29(26,15-3-1-2-14(10-15)27-21-13-23-8-9-24-21)16-4-5-17-18-6-7-22-12-20(18)28-19(17)11-16/h1-5,8-11,13,18,20,22H,6-7,12H2. The maximum atomic E-state index is 13.2. The van der Waals surface area contributed by atoms with Crippen molar-refractivity contribution in [1.29, 1.82) is 0 Å². The van der Waals surface area contributed by atoms with Crippen LogP contribution in [-0.2, 0) is 9.84 Å². The molecule has 29 heavy (non-hydrogen) atoms. The molecule has 2 aliphatic heterocycles. The molecule has 3 aromatic rings. The SMILES string of the molecule is O=S(=O)(c1cccc(Oc2cnccn2)c1)c1ccc2c(c1)OC1CNCCC21. The number of hydrogen-bond acceptors (Lipinski definition) is 7. The summed E-state index contributed by atoms with van der Waals surface area (Å²) in [7, 11) is -3.72. The number of sulfone groups is 1. The van der Waals surface area contributed by atoms with Gasteiger partial charge in [0.05, 0.1) is 16.0 Å². The summed E-state index contributed by atoms with van der Waals surface area (Å²) in [4.78, 5) is 8.34. The Bertz CT molecular complexity index is 1150. The van der Waals surface area contributed by atoms with Crippen molar-refractivity contribution in [3.63, 3.8) is 0 Å². The minimum Gasteiger partial charge on any atom is -0.488 e. The number of nitrogens with zero attached hydrogens (tertiary/aromatic N) is 2. The Morgan fingerprint density at radius 3 is 2.86 bits per heavy atom. The maximum absolute atomic E-state index is 13.2. The number of hydrogen-bond donors (Lipinski definition) is 1. The molecule has 2 atom stereocenters. The van der Waals surface area contributed by atoms with Crippen molar-refractivity contribution in [1.82, 2.24) is 15.3 Å². The van der Waals surface area contributed by atoms with Gasteiger partial charge in [-0.2, -0.15) is 0 Å². The Kier molecular flexibility index (Phi) is 4.44.